The lowest BCUT2D eigenvalue weighted by Gasteiger charge is -1.94. The molecule has 0 aliphatic rings. The number of aromatic amines is 1. The van der Waals surface area contributed by atoms with Crippen molar-refractivity contribution in [3.8, 4) is 0 Å². The molecule has 0 aliphatic heterocycles. The minimum atomic E-state index is -2.08. The van der Waals surface area contributed by atoms with Crippen molar-refractivity contribution in [2.24, 2.45) is 0 Å². The average Bonchev–Trinajstić information content (AvgIpc) is 2.35. The van der Waals surface area contributed by atoms with Crippen LogP contribution in [-0.4, -0.2) is 11.3 Å². The number of fused-ring (bicyclic) bond motifs is 2. The Morgan fingerprint density at radius 2 is 1.33 bits per heavy atom. The summed E-state index contributed by atoms with van der Waals surface area (Å²) in [6, 6.07) is 18.9. The van der Waals surface area contributed by atoms with Gasteiger partial charge in [0.05, 0.1) is 0 Å². The molecule has 3 aromatic rings. The number of pyridine rings is 1. The third-order valence-electron chi connectivity index (χ3n) is 2.50. The first-order chi connectivity index (χ1) is 8.66. The van der Waals surface area contributed by atoms with E-state index in [4.69, 9.17) is 15.0 Å². The molecule has 0 aliphatic carbocycles. The Morgan fingerprint density at radius 1 is 0.944 bits per heavy atom. The molecule has 0 atom stereocenters. The van der Waals surface area contributed by atoms with Gasteiger partial charge < -0.3 is 15.0 Å². The standard InChI is InChI=1S/C13H9N.CH2O3/c1-3-7-12-10(5-1)9-11-6-2-4-8-13(11)14-12;2-1(3)4/h1-9H;(H2,2,3,4). The monoisotopic (exact) mass is 241 g/mol. The Morgan fingerprint density at radius 3 is 1.78 bits per heavy atom. The summed E-state index contributed by atoms with van der Waals surface area (Å²) in [6.45, 7) is 0. The number of para-hydroxylation sites is 2. The fourth-order valence-corrected chi connectivity index (χ4v) is 1.79. The summed E-state index contributed by atoms with van der Waals surface area (Å²) in [5, 5.41) is 17.8. The fourth-order valence-electron chi connectivity index (χ4n) is 1.79. The van der Waals surface area contributed by atoms with Crippen molar-refractivity contribution in [3.05, 3.63) is 54.6 Å². The molecule has 4 nitrogen and oxygen atoms in total. The van der Waals surface area contributed by atoms with Gasteiger partial charge in [0.2, 0.25) is 17.2 Å². The van der Waals surface area contributed by atoms with E-state index in [2.05, 4.69) is 47.4 Å². The number of carbonyl (C=O) groups is 1. The van der Waals surface area contributed by atoms with E-state index >= 15 is 0 Å². The molecule has 4 heteroatoms. The van der Waals surface area contributed by atoms with E-state index in [1.807, 2.05) is 12.1 Å². The number of benzene rings is 2. The van der Waals surface area contributed by atoms with E-state index in [0.717, 1.165) is 0 Å². The largest absolute Gasteiger partial charge is 0.565 e. The molecule has 0 bridgehead atoms. The molecular weight excluding hydrogens is 230 g/mol. The van der Waals surface area contributed by atoms with E-state index in [-0.39, 0.29) is 0 Å². The van der Waals surface area contributed by atoms with E-state index in [1.165, 1.54) is 21.8 Å². The van der Waals surface area contributed by atoms with Crippen LogP contribution in [-0.2, 0) is 0 Å². The van der Waals surface area contributed by atoms with Gasteiger partial charge in [-0.05, 0) is 18.2 Å². The van der Waals surface area contributed by atoms with Gasteiger partial charge in [-0.15, -0.1) is 0 Å². The van der Waals surface area contributed by atoms with Crippen molar-refractivity contribution in [1.29, 1.82) is 0 Å². The second-order valence-corrected chi connectivity index (χ2v) is 3.71. The Kier molecular flexibility index (Phi) is 3.38. The number of aromatic nitrogens is 1. The van der Waals surface area contributed by atoms with Gasteiger partial charge in [0.15, 0.2) is 0 Å². The minimum Gasteiger partial charge on any atom is -0.565 e. The highest BCUT2D eigenvalue weighted by molar-refractivity contribution is 5.87. The van der Waals surface area contributed by atoms with Crippen molar-refractivity contribution >= 4 is 28.0 Å². The summed E-state index contributed by atoms with van der Waals surface area (Å²) in [5.74, 6) is 0. The van der Waals surface area contributed by atoms with E-state index < -0.39 is 6.16 Å². The molecule has 0 radical (unpaired) electrons. The lowest BCUT2D eigenvalue weighted by molar-refractivity contribution is -0.310. The lowest BCUT2D eigenvalue weighted by atomic mass is 10.1. The molecule has 90 valence electrons. The van der Waals surface area contributed by atoms with E-state index in [9.17, 15) is 0 Å². The zero-order valence-electron chi connectivity index (χ0n) is 9.46. The van der Waals surface area contributed by atoms with Gasteiger partial charge in [-0.3, -0.25) is 0 Å². The summed E-state index contributed by atoms with van der Waals surface area (Å²) >= 11 is 0. The normalized spacial score (nSPS) is 9.78. The van der Waals surface area contributed by atoms with Gasteiger partial charge in [-0.1, -0.05) is 24.3 Å². The molecule has 0 spiro atoms. The van der Waals surface area contributed by atoms with Crippen molar-refractivity contribution < 1.29 is 20.0 Å². The SMILES string of the molecule is O=C([O-])O.c1ccc2[nH+]c3ccccc3cc2c1. The highest BCUT2D eigenvalue weighted by atomic mass is 16.6. The summed E-state index contributed by atoms with van der Waals surface area (Å²) in [6.07, 6.45) is -2.08. The van der Waals surface area contributed by atoms with Crippen LogP contribution >= 0.6 is 0 Å². The molecule has 0 fully saturated rings. The zero-order chi connectivity index (χ0) is 13.0. The molecule has 2 N–H and O–H groups in total. The average molecular weight is 241 g/mol. The fraction of sp³-hybridized carbons (Fsp3) is 0. The Bertz CT molecular complexity index is 586. The predicted octanol–water partition coefficient (Wildman–Crippen LogP) is 1.69. The number of H-pyrrole nitrogens is 1. The van der Waals surface area contributed by atoms with Crippen molar-refractivity contribution in [3.63, 3.8) is 0 Å². The van der Waals surface area contributed by atoms with Crippen LogP contribution in [0.2, 0.25) is 0 Å². The Hall–Kier alpha value is -2.62. The maximum absolute atomic E-state index is 8.44. The second kappa shape index (κ2) is 5.14. The maximum atomic E-state index is 8.44. The summed E-state index contributed by atoms with van der Waals surface area (Å²) < 4.78 is 0. The first-order valence-corrected chi connectivity index (χ1v) is 5.36. The molecule has 18 heavy (non-hydrogen) atoms. The molecule has 1 aromatic heterocycles. The van der Waals surface area contributed by atoms with Crippen LogP contribution in [0.15, 0.2) is 54.6 Å². The maximum Gasteiger partial charge on any atom is 0.249 e. The number of hydrogen-bond acceptors (Lipinski definition) is 2. The van der Waals surface area contributed by atoms with E-state index in [0.29, 0.717) is 0 Å². The van der Waals surface area contributed by atoms with Gasteiger partial charge in [0.1, 0.15) is 0 Å². The summed E-state index contributed by atoms with van der Waals surface area (Å²) in [5.41, 5.74) is 2.37. The lowest BCUT2D eigenvalue weighted by Crippen LogP contribution is -2.17. The third kappa shape index (κ3) is 2.74. The summed E-state index contributed by atoms with van der Waals surface area (Å²) in [4.78, 5) is 11.9. The highest BCUT2D eigenvalue weighted by Gasteiger charge is 2.02. The molecule has 3 rings (SSSR count). The van der Waals surface area contributed by atoms with Crippen LogP contribution in [0.3, 0.4) is 0 Å². The van der Waals surface area contributed by atoms with Crippen molar-refractivity contribution in [2.45, 2.75) is 0 Å². The molecular formula is C14H11NO3. The van der Waals surface area contributed by atoms with Gasteiger partial charge in [0, 0.05) is 22.9 Å². The van der Waals surface area contributed by atoms with Gasteiger partial charge >= 0.3 is 0 Å². The van der Waals surface area contributed by atoms with Gasteiger partial charge in [-0.25, -0.2) is 4.98 Å². The van der Waals surface area contributed by atoms with Crippen LogP contribution in [0, 0.1) is 0 Å². The van der Waals surface area contributed by atoms with Crippen LogP contribution < -0.4 is 10.1 Å². The molecule has 0 saturated carbocycles. The Balaban J connectivity index is 0.000000267. The van der Waals surface area contributed by atoms with Crippen molar-refractivity contribution in [2.75, 3.05) is 0 Å². The number of rotatable bonds is 0. The molecule has 2 aromatic carbocycles. The molecule has 1 heterocycles. The minimum absolute atomic E-state index is 1.19. The Labute approximate surface area is 103 Å². The summed E-state index contributed by atoms with van der Waals surface area (Å²) in [7, 11) is 0. The predicted molar refractivity (Wildman–Crippen MR) is 66.0 cm³/mol. The third-order valence-corrected chi connectivity index (χ3v) is 2.50. The van der Waals surface area contributed by atoms with Crippen molar-refractivity contribution in [1.82, 2.24) is 0 Å². The van der Waals surface area contributed by atoms with Gasteiger partial charge in [0.25, 0.3) is 0 Å². The number of nitrogens with one attached hydrogen (secondary N) is 1. The first-order valence-electron chi connectivity index (χ1n) is 5.36. The van der Waals surface area contributed by atoms with Crippen LogP contribution in [0.4, 0.5) is 4.79 Å². The smallest absolute Gasteiger partial charge is 0.249 e. The first kappa shape index (κ1) is 11.9. The number of carboxylic acid groups (broad SMARTS) is 2. The second-order valence-electron chi connectivity index (χ2n) is 3.71. The van der Waals surface area contributed by atoms with Gasteiger partial charge in [-0.2, -0.15) is 0 Å². The highest BCUT2D eigenvalue weighted by Crippen LogP contribution is 2.15. The van der Waals surface area contributed by atoms with Crippen LogP contribution in [0.25, 0.3) is 21.8 Å². The van der Waals surface area contributed by atoms with E-state index in [1.54, 1.807) is 0 Å². The molecule has 0 saturated heterocycles. The topological polar surface area (TPSA) is 74.5 Å². The molecule has 0 amide bonds. The quantitative estimate of drug-likeness (QED) is 0.608. The molecule has 0 unspecified atom stereocenters. The van der Waals surface area contributed by atoms with Crippen LogP contribution in [0.1, 0.15) is 0 Å². The van der Waals surface area contributed by atoms with Crippen LogP contribution in [0.5, 0.6) is 0 Å². The zero-order valence-corrected chi connectivity index (χ0v) is 9.46. The number of hydrogen-bond donors (Lipinski definition) is 1.